The van der Waals surface area contributed by atoms with E-state index in [1.165, 1.54) is 0 Å². The van der Waals surface area contributed by atoms with Crippen molar-refractivity contribution < 1.29 is 38.6 Å². The number of rotatable bonds is 1. The van der Waals surface area contributed by atoms with Gasteiger partial charge in [-0.2, -0.15) is 0 Å². The van der Waals surface area contributed by atoms with Crippen molar-refractivity contribution in [1.29, 1.82) is 0 Å². The minimum Gasteiger partial charge on any atom is -0.438 e. The molecular formula is C9H10ClNO5. The Bertz CT molecular complexity index is 343. The van der Waals surface area contributed by atoms with Crippen molar-refractivity contribution in [2.75, 3.05) is 13.2 Å². The third-order valence-electron chi connectivity index (χ3n) is 1.67. The second-order valence-corrected chi connectivity index (χ2v) is 3.60. The SMILES string of the molecule is [O-][Cl+3]([O-])([O-])[O-].c1ccc(C2=[NH+]CCO2)cc1. The maximum absolute atomic E-state index is 8.49. The molecule has 0 atom stereocenters. The first-order valence-electron chi connectivity index (χ1n) is 4.37. The molecule has 0 unspecified atom stereocenters. The van der Waals surface area contributed by atoms with Crippen molar-refractivity contribution in [3.63, 3.8) is 0 Å². The zero-order chi connectivity index (χ0) is 12.0. The van der Waals surface area contributed by atoms with Crippen molar-refractivity contribution in [3.05, 3.63) is 35.9 Å². The normalized spacial score (nSPS) is 14.6. The highest BCUT2D eigenvalue weighted by Gasteiger charge is 2.15. The van der Waals surface area contributed by atoms with Gasteiger partial charge in [-0.1, -0.05) is 18.2 Å². The van der Waals surface area contributed by atoms with Crippen LogP contribution in [0.3, 0.4) is 0 Å². The molecule has 1 aromatic carbocycles. The molecule has 0 spiro atoms. The van der Waals surface area contributed by atoms with Crippen molar-refractivity contribution in [2.24, 2.45) is 0 Å². The Labute approximate surface area is 94.2 Å². The van der Waals surface area contributed by atoms with Crippen molar-refractivity contribution in [1.82, 2.24) is 0 Å². The summed E-state index contributed by atoms with van der Waals surface area (Å²) >= 11 is 0. The fourth-order valence-corrected chi connectivity index (χ4v) is 1.14. The van der Waals surface area contributed by atoms with E-state index in [1.807, 2.05) is 30.3 Å². The molecule has 0 radical (unpaired) electrons. The van der Waals surface area contributed by atoms with E-state index in [0.717, 1.165) is 24.6 Å². The Kier molecular flexibility index (Phi) is 4.66. The molecule has 0 aromatic heterocycles. The first kappa shape index (κ1) is 12.9. The predicted octanol–water partition coefficient (Wildman–Crippen LogP) is -5.21. The Hall–Kier alpha value is -1.18. The number of hydrogen-bond acceptors (Lipinski definition) is 5. The molecule has 0 fully saturated rings. The average Bonchev–Trinajstić information content (AvgIpc) is 2.69. The monoisotopic (exact) mass is 247 g/mol. The molecule has 1 aliphatic heterocycles. The largest absolute Gasteiger partial charge is 0.438 e. The van der Waals surface area contributed by atoms with Gasteiger partial charge in [0.1, 0.15) is 0 Å². The van der Waals surface area contributed by atoms with Gasteiger partial charge in [0.25, 0.3) is 0 Å². The predicted molar refractivity (Wildman–Crippen MR) is 42.3 cm³/mol. The highest BCUT2D eigenvalue weighted by atomic mass is 35.7. The van der Waals surface area contributed by atoms with Gasteiger partial charge >= 0.3 is 5.90 Å². The van der Waals surface area contributed by atoms with Gasteiger partial charge in [-0.05, 0) is 12.1 Å². The molecule has 0 saturated heterocycles. The van der Waals surface area contributed by atoms with Crippen LogP contribution in [0.15, 0.2) is 30.3 Å². The lowest BCUT2D eigenvalue weighted by atomic mass is 10.2. The minimum absolute atomic E-state index is 0.782. The molecule has 6 nitrogen and oxygen atoms in total. The van der Waals surface area contributed by atoms with Gasteiger partial charge in [0.2, 0.25) is 0 Å². The summed E-state index contributed by atoms with van der Waals surface area (Å²) in [6.07, 6.45) is 0. The summed E-state index contributed by atoms with van der Waals surface area (Å²) in [4.78, 5) is 3.17. The van der Waals surface area contributed by atoms with Crippen molar-refractivity contribution in [3.8, 4) is 0 Å². The van der Waals surface area contributed by atoms with E-state index in [0.29, 0.717) is 0 Å². The quantitative estimate of drug-likeness (QED) is 0.533. The summed E-state index contributed by atoms with van der Waals surface area (Å²) in [5.74, 6) is 0.908. The fraction of sp³-hybridized carbons (Fsp3) is 0.222. The Morgan fingerprint density at radius 2 is 1.62 bits per heavy atom. The van der Waals surface area contributed by atoms with Crippen LogP contribution >= 0.6 is 0 Å². The standard InChI is InChI=1S/C9H9NO.ClHO4/c1-2-4-8(5-3-1)9-10-6-7-11-9;2-1(3,4)5/h1-5H,6-7H2;(H,2,3,4,5). The molecule has 7 heteroatoms. The zero-order valence-corrected chi connectivity index (χ0v) is 8.98. The lowest BCUT2D eigenvalue weighted by Gasteiger charge is -2.17. The average molecular weight is 248 g/mol. The van der Waals surface area contributed by atoms with Crippen LogP contribution in [0.25, 0.3) is 0 Å². The maximum atomic E-state index is 8.49. The Morgan fingerprint density at radius 3 is 2.06 bits per heavy atom. The summed E-state index contributed by atoms with van der Waals surface area (Å²) in [6, 6.07) is 10.1. The van der Waals surface area contributed by atoms with Crippen LogP contribution in [-0.4, -0.2) is 19.0 Å². The van der Waals surface area contributed by atoms with Crippen LogP contribution < -0.4 is 23.6 Å². The topological polar surface area (TPSA) is 115 Å². The van der Waals surface area contributed by atoms with Crippen molar-refractivity contribution in [2.45, 2.75) is 0 Å². The van der Waals surface area contributed by atoms with E-state index >= 15 is 0 Å². The number of ether oxygens (including phenoxy) is 1. The van der Waals surface area contributed by atoms with Crippen LogP contribution in [0.2, 0.25) is 0 Å². The number of halogens is 1. The van der Waals surface area contributed by atoms with Gasteiger partial charge < -0.3 is 4.74 Å². The molecule has 0 saturated carbocycles. The third-order valence-corrected chi connectivity index (χ3v) is 1.67. The van der Waals surface area contributed by atoms with Crippen LogP contribution in [0, 0.1) is 10.2 Å². The fourth-order valence-electron chi connectivity index (χ4n) is 1.14. The van der Waals surface area contributed by atoms with Gasteiger partial charge in [0.05, 0.1) is 5.56 Å². The molecule has 1 heterocycles. The van der Waals surface area contributed by atoms with E-state index in [4.69, 9.17) is 23.4 Å². The highest BCUT2D eigenvalue weighted by molar-refractivity contribution is 5.89. The van der Waals surface area contributed by atoms with Gasteiger partial charge in [0.15, 0.2) is 13.2 Å². The van der Waals surface area contributed by atoms with Gasteiger partial charge in [-0.3, -0.25) is 0 Å². The van der Waals surface area contributed by atoms with Gasteiger partial charge in [-0.25, -0.2) is 23.6 Å². The molecule has 88 valence electrons. The molecule has 1 aliphatic rings. The first-order valence-corrected chi connectivity index (χ1v) is 5.61. The number of nitrogens with one attached hydrogen (secondary N) is 1. The van der Waals surface area contributed by atoms with Crippen LogP contribution in [0.4, 0.5) is 0 Å². The maximum Gasteiger partial charge on any atom is 0.368 e. The minimum atomic E-state index is -4.94. The van der Waals surface area contributed by atoms with Crippen LogP contribution in [0.1, 0.15) is 5.56 Å². The summed E-state index contributed by atoms with van der Waals surface area (Å²) in [7, 11) is -4.94. The van der Waals surface area contributed by atoms with E-state index in [1.54, 1.807) is 0 Å². The van der Waals surface area contributed by atoms with E-state index < -0.39 is 10.2 Å². The molecule has 1 aromatic rings. The summed E-state index contributed by atoms with van der Waals surface area (Å²) in [5.41, 5.74) is 1.13. The third kappa shape index (κ3) is 5.64. The Morgan fingerprint density at radius 1 is 1.06 bits per heavy atom. The summed E-state index contributed by atoms with van der Waals surface area (Å²) in [5, 5.41) is 0. The molecule has 0 amide bonds. The number of hydrogen-bond donors (Lipinski definition) is 1. The summed E-state index contributed by atoms with van der Waals surface area (Å²) < 4.78 is 39.3. The molecular weight excluding hydrogens is 238 g/mol. The second-order valence-electron chi connectivity index (χ2n) is 2.85. The highest BCUT2D eigenvalue weighted by Crippen LogP contribution is 1.99. The second kappa shape index (κ2) is 5.78. The molecule has 1 N–H and O–H groups in total. The molecule has 0 bridgehead atoms. The lowest BCUT2D eigenvalue weighted by Crippen LogP contribution is -2.70. The van der Waals surface area contributed by atoms with Crippen LogP contribution in [0.5, 0.6) is 0 Å². The van der Waals surface area contributed by atoms with Gasteiger partial charge in [0, 0.05) is 0 Å². The van der Waals surface area contributed by atoms with Gasteiger partial charge in [-0.15, -0.1) is 10.2 Å². The van der Waals surface area contributed by atoms with E-state index in [2.05, 4.69) is 4.99 Å². The van der Waals surface area contributed by atoms with Crippen LogP contribution in [-0.2, 0) is 4.74 Å². The van der Waals surface area contributed by atoms with E-state index in [-0.39, 0.29) is 0 Å². The number of benzene rings is 1. The summed E-state index contributed by atoms with van der Waals surface area (Å²) in [6.45, 7) is 1.70. The Balaban J connectivity index is 0.000000221. The van der Waals surface area contributed by atoms with Crippen molar-refractivity contribution >= 4 is 5.90 Å². The zero-order valence-electron chi connectivity index (χ0n) is 8.22. The smallest absolute Gasteiger partial charge is 0.368 e. The molecule has 16 heavy (non-hydrogen) atoms. The van der Waals surface area contributed by atoms with E-state index in [9.17, 15) is 0 Å². The molecule has 2 rings (SSSR count). The first-order chi connectivity index (χ1) is 7.47. The molecule has 0 aliphatic carbocycles. The lowest BCUT2D eigenvalue weighted by molar-refractivity contribution is -2.00.